The van der Waals surface area contributed by atoms with Gasteiger partial charge in [-0.2, -0.15) is 26.0 Å². The molecule has 24 heavy (non-hydrogen) atoms. The fraction of sp³-hybridized carbons (Fsp3) is 0.714. The normalized spacial score (nSPS) is 13.6. The van der Waals surface area contributed by atoms with Crippen LogP contribution in [-0.4, -0.2) is 43.4 Å². The zero-order valence-corrected chi connectivity index (χ0v) is 14.3. The summed E-state index contributed by atoms with van der Waals surface area (Å²) in [6.07, 6.45) is 0.264. The SMILES string of the molecule is C=CCNCC=C.CCCCCC(F)C(F)(F)C(F)(F)S(=O)(=O)O. The van der Waals surface area contributed by atoms with E-state index in [0.29, 0.717) is 12.8 Å². The summed E-state index contributed by atoms with van der Waals surface area (Å²) in [5.41, 5.74) is 0. The number of alkyl halides is 5. The van der Waals surface area contributed by atoms with Crippen LogP contribution in [0.5, 0.6) is 0 Å². The molecule has 2 N–H and O–H groups in total. The van der Waals surface area contributed by atoms with Crippen molar-refractivity contribution < 1.29 is 34.9 Å². The predicted molar refractivity (Wildman–Crippen MR) is 83.7 cm³/mol. The molecule has 0 aromatic heterocycles. The molecule has 0 bridgehead atoms. The monoisotopic (exact) mass is 381 g/mol. The van der Waals surface area contributed by atoms with Gasteiger partial charge in [0, 0.05) is 13.1 Å². The molecular formula is C14H24F5NO3S. The van der Waals surface area contributed by atoms with Gasteiger partial charge in [0.1, 0.15) is 0 Å². The van der Waals surface area contributed by atoms with Gasteiger partial charge in [0.05, 0.1) is 0 Å². The second-order valence-corrected chi connectivity index (χ2v) is 6.28. The van der Waals surface area contributed by atoms with E-state index in [0.717, 1.165) is 13.1 Å². The number of unbranched alkanes of at least 4 members (excludes halogenated alkanes) is 2. The third-order valence-corrected chi connectivity index (χ3v) is 3.66. The van der Waals surface area contributed by atoms with Crippen LogP contribution in [0.2, 0.25) is 0 Å². The summed E-state index contributed by atoms with van der Waals surface area (Å²) in [4.78, 5) is 0. The van der Waals surface area contributed by atoms with Gasteiger partial charge in [-0.1, -0.05) is 38.3 Å². The minimum atomic E-state index is -6.36. The first-order valence-corrected chi connectivity index (χ1v) is 8.63. The first-order chi connectivity index (χ1) is 10.9. The lowest BCUT2D eigenvalue weighted by atomic mass is 10.1. The van der Waals surface area contributed by atoms with E-state index < -0.39 is 33.9 Å². The van der Waals surface area contributed by atoms with Crippen LogP contribution in [0.4, 0.5) is 22.0 Å². The standard InChI is InChI=1S/C8H13F5O3S.C6H11N/c1-2-3-4-5-6(9)7(10,11)8(12,13)17(14,15)16;1-3-5-7-6-4-2/h6H,2-5H2,1H3,(H,14,15,16);3-4,7H,1-2,5-6H2. The Labute approximate surface area is 139 Å². The summed E-state index contributed by atoms with van der Waals surface area (Å²) in [7, 11) is -6.36. The lowest BCUT2D eigenvalue weighted by Gasteiger charge is -2.26. The van der Waals surface area contributed by atoms with Crippen molar-refractivity contribution in [2.24, 2.45) is 0 Å². The fourth-order valence-corrected chi connectivity index (χ4v) is 1.87. The summed E-state index contributed by atoms with van der Waals surface area (Å²) in [6, 6.07) is 0. The Morgan fingerprint density at radius 1 is 1.12 bits per heavy atom. The van der Waals surface area contributed by atoms with Crippen LogP contribution in [0.25, 0.3) is 0 Å². The van der Waals surface area contributed by atoms with Gasteiger partial charge < -0.3 is 5.32 Å². The highest BCUT2D eigenvalue weighted by Gasteiger charge is 2.69. The molecule has 4 nitrogen and oxygen atoms in total. The largest absolute Gasteiger partial charge is 0.434 e. The van der Waals surface area contributed by atoms with E-state index in [-0.39, 0.29) is 6.42 Å². The van der Waals surface area contributed by atoms with Crippen LogP contribution in [0.3, 0.4) is 0 Å². The lowest BCUT2D eigenvalue weighted by Crippen LogP contribution is -2.52. The molecule has 0 fully saturated rings. The van der Waals surface area contributed by atoms with Gasteiger partial charge in [-0.3, -0.25) is 4.55 Å². The topological polar surface area (TPSA) is 66.4 Å². The molecule has 0 aliphatic carbocycles. The predicted octanol–water partition coefficient (Wildman–Crippen LogP) is 3.97. The van der Waals surface area contributed by atoms with Gasteiger partial charge in [-0.05, 0) is 6.42 Å². The Kier molecular flexibility index (Phi) is 12.1. The van der Waals surface area contributed by atoms with E-state index in [1.807, 2.05) is 12.2 Å². The summed E-state index contributed by atoms with van der Waals surface area (Å²) < 4.78 is 92.1. The van der Waals surface area contributed by atoms with Crippen molar-refractivity contribution in [1.29, 1.82) is 0 Å². The van der Waals surface area contributed by atoms with Crippen molar-refractivity contribution in [3.63, 3.8) is 0 Å². The highest BCUT2D eigenvalue weighted by Crippen LogP contribution is 2.43. The lowest BCUT2D eigenvalue weighted by molar-refractivity contribution is -0.198. The molecule has 0 saturated heterocycles. The highest BCUT2D eigenvalue weighted by molar-refractivity contribution is 7.87. The minimum Gasteiger partial charge on any atom is -0.310 e. The van der Waals surface area contributed by atoms with Crippen LogP contribution in [-0.2, 0) is 10.1 Å². The van der Waals surface area contributed by atoms with Gasteiger partial charge in [0.2, 0.25) is 0 Å². The molecular weight excluding hydrogens is 357 g/mol. The van der Waals surface area contributed by atoms with E-state index in [9.17, 15) is 30.4 Å². The van der Waals surface area contributed by atoms with E-state index in [4.69, 9.17) is 4.55 Å². The van der Waals surface area contributed by atoms with Crippen molar-refractivity contribution in [2.75, 3.05) is 13.1 Å². The zero-order valence-electron chi connectivity index (χ0n) is 13.5. The molecule has 0 heterocycles. The van der Waals surface area contributed by atoms with Crippen molar-refractivity contribution in [3.8, 4) is 0 Å². The maximum absolute atomic E-state index is 12.9. The molecule has 10 heteroatoms. The number of rotatable bonds is 11. The fourth-order valence-electron chi connectivity index (χ4n) is 1.40. The molecule has 1 atom stereocenters. The molecule has 0 amide bonds. The van der Waals surface area contributed by atoms with E-state index in [2.05, 4.69) is 18.5 Å². The Morgan fingerprint density at radius 3 is 1.92 bits per heavy atom. The van der Waals surface area contributed by atoms with Gasteiger partial charge in [0.15, 0.2) is 6.17 Å². The molecule has 1 unspecified atom stereocenters. The molecule has 0 rings (SSSR count). The average Bonchev–Trinajstić information content (AvgIpc) is 2.47. The number of halogens is 5. The Bertz CT molecular complexity index is 461. The first-order valence-electron chi connectivity index (χ1n) is 7.19. The number of hydrogen-bond donors (Lipinski definition) is 2. The van der Waals surface area contributed by atoms with E-state index >= 15 is 0 Å². The molecule has 0 aliphatic heterocycles. The summed E-state index contributed by atoms with van der Waals surface area (Å²) in [5, 5.41) is -2.78. The van der Waals surface area contributed by atoms with Crippen LogP contribution in [0.15, 0.2) is 25.3 Å². The smallest absolute Gasteiger partial charge is 0.310 e. The molecule has 0 aliphatic rings. The van der Waals surface area contributed by atoms with Gasteiger partial charge in [0.25, 0.3) is 0 Å². The van der Waals surface area contributed by atoms with Crippen molar-refractivity contribution in [1.82, 2.24) is 5.32 Å². The van der Waals surface area contributed by atoms with Crippen molar-refractivity contribution in [2.45, 2.75) is 50.0 Å². The summed E-state index contributed by atoms with van der Waals surface area (Å²) in [5.74, 6) is -5.45. The van der Waals surface area contributed by atoms with Crippen molar-refractivity contribution >= 4 is 10.1 Å². The second-order valence-electron chi connectivity index (χ2n) is 4.81. The summed E-state index contributed by atoms with van der Waals surface area (Å²) >= 11 is 0. The van der Waals surface area contributed by atoms with Gasteiger partial charge in [-0.25, -0.2) is 4.39 Å². The van der Waals surface area contributed by atoms with Crippen molar-refractivity contribution in [3.05, 3.63) is 25.3 Å². The highest BCUT2D eigenvalue weighted by atomic mass is 32.2. The molecule has 0 aromatic rings. The third-order valence-electron chi connectivity index (χ3n) is 2.74. The molecule has 0 radical (unpaired) electrons. The van der Waals surface area contributed by atoms with E-state index in [1.54, 1.807) is 6.92 Å². The first kappa shape index (κ1) is 25.2. The summed E-state index contributed by atoms with van der Waals surface area (Å²) in [6.45, 7) is 10.5. The Hall–Kier alpha value is -1.00. The third kappa shape index (κ3) is 8.20. The van der Waals surface area contributed by atoms with Gasteiger partial charge >= 0.3 is 21.3 Å². The van der Waals surface area contributed by atoms with Crippen LogP contribution in [0, 0.1) is 0 Å². The minimum absolute atomic E-state index is 0.0746. The number of nitrogens with one attached hydrogen (secondary N) is 1. The molecule has 0 aromatic carbocycles. The van der Waals surface area contributed by atoms with Gasteiger partial charge in [-0.15, -0.1) is 13.2 Å². The quantitative estimate of drug-likeness (QED) is 0.246. The molecule has 0 saturated carbocycles. The molecule has 144 valence electrons. The second kappa shape index (κ2) is 11.5. The maximum atomic E-state index is 12.9. The number of hydrogen-bond acceptors (Lipinski definition) is 3. The average molecular weight is 381 g/mol. The molecule has 0 spiro atoms. The Morgan fingerprint density at radius 2 is 1.58 bits per heavy atom. The Balaban J connectivity index is 0. The zero-order chi connectivity index (χ0) is 19.4. The maximum Gasteiger partial charge on any atom is 0.434 e. The van der Waals surface area contributed by atoms with Crippen LogP contribution in [0.1, 0.15) is 32.6 Å². The van der Waals surface area contributed by atoms with E-state index in [1.165, 1.54) is 0 Å². The van der Waals surface area contributed by atoms with Crippen LogP contribution < -0.4 is 5.32 Å². The van der Waals surface area contributed by atoms with Crippen LogP contribution >= 0.6 is 0 Å².